The highest BCUT2D eigenvalue weighted by Crippen LogP contribution is 2.44. The molecule has 0 atom stereocenters. The van der Waals surface area contributed by atoms with Crippen LogP contribution in [-0.2, 0) is 14.3 Å². The number of carbonyl (C=O) groups excluding carboxylic acids is 2. The second-order valence-corrected chi connectivity index (χ2v) is 10.4. The lowest BCUT2D eigenvalue weighted by Gasteiger charge is -2.34. The van der Waals surface area contributed by atoms with Crippen molar-refractivity contribution in [2.24, 2.45) is 11.3 Å². The molecule has 2 amide bonds. The first-order valence-electron chi connectivity index (χ1n) is 12.3. The second-order valence-electron chi connectivity index (χ2n) is 10.4. The molecule has 35 heavy (non-hydrogen) atoms. The first-order chi connectivity index (χ1) is 16.7. The molecule has 0 saturated heterocycles. The van der Waals surface area contributed by atoms with E-state index >= 15 is 0 Å². The topological polar surface area (TPSA) is 105 Å². The van der Waals surface area contributed by atoms with Gasteiger partial charge in [-0.25, -0.2) is 4.79 Å². The van der Waals surface area contributed by atoms with Crippen LogP contribution in [0.4, 0.5) is 4.79 Å². The van der Waals surface area contributed by atoms with E-state index in [1.165, 1.54) is 22.3 Å². The summed E-state index contributed by atoms with van der Waals surface area (Å²) in [7, 11) is 0. The Morgan fingerprint density at radius 2 is 1.57 bits per heavy atom. The number of alkyl carbamates (subject to hydrolysis) is 1. The number of hydrogen-bond donors (Lipinski definition) is 3. The average molecular weight is 479 g/mol. The van der Waals surface area contributed by atoms with E-state index in [4.69, 9.17) is 9.84 Å². The summed E-state index contributed by atoms with van der Waals surface area (Å²) in [4.78, 5) is 35.6. The lowest BCUT2D eigenvalue weighted by atomic mass is 9.79. The minimum absolute atomic E-state index is 0.00961. The molecule has 0 aromatic heterocycles. The van der Waals surface area contributed by atoms with Crippen molar-refractivity contribution in [3.8, 4) is 11.1 Å². The molecule has 0 heterocycles. The van der Waals surface area contributed by atoms with Crippen molar-refractivity contribution in [2.45, 2.75) is 57.9 Å². The molecule has 1 saturated carbocycles. The van der Waals surface area contributed by atoms with Gasteiger partial charge in [0.15, 0.2) is 0 Å². The van der Waals surface area contributed by atoms with Crippen LogP contribution in [0.15, 0.2) is 48.5 Å². The van der Waals surface area contributed by atoms with Gasteiger partial charge >= 0.3 is 12.1 Å². The molecule has 7 heteroatoms. The first-order valence-corrected chi connectivity index (χ1v) is 12.3. The van der Waals surface area contributed by atoms with E-state index < -0.39 is 12.1 Å². The standard InChI is InChI=1S/C28H34N2O5/c1-28(2,12-11-25(31)32)13-14-29-26(33)18-15-19(16-18)30-27(34)35-17-24-22-9-5-3-7-20(22)21-8-4-6-10-23(21)24/h3-10,18-19,24H,11-17H2,1-2H3,(H,29,33)(H,30,34)(H,31,32). The molecule has 2 aromatic carbocycles. The Hall–Kier alpha value is -3.35. The quantitative estimate of drug-likeness (QED) is 0.459. The van der Waals surface area contributed by atoms with Crippen LogP contribution in [0.2, 0.25) is 0 Å². The summed E-state index contributed by atoms with van der Waals surface area (Å²) in [6.45, 7) is 4.82. The van der Waals surface area contributed by atoms with Crippen LogP contribution in [-0.4, -0.2) is 42.3 Å². The molecule has 0 bridgehead atoms. The van der Waals surface area contributed by atoms with Gasteiger partial charge in [-0.2, -0.15) is 0 Å². The van der Waals surface area contributed by atoms with Gasteiger partial charge in [-0.05, 0) is 53.4 Å². The van der Waals surface area contributed by atoms with Gasteiger partial charge in [0.05, 0.1) is 0 Å². The highest BCUT2D eigenvalue weighted by atomic mass is 16.5. The number of hydrogen-bond acceptors (Lipinski definition) is 4. The van der Waals surface area contributed by atoms with Crippen LogP contribution in [0.3, 0.4) is 0 Å². The SMILES string of the molecule is CC(C)(CCNC(=O)C1CC(NC(=O)OCC2c3ccccc3-c3ccccc32)C1)CCC(=O)O. The van der Waals surface area contributed by atoms with E-state index in [2.05, 4.69) is 34.9 Å². The van der Waals surface area contributed by atoms with Crippen molar-refractivity contribution in [1.82, 2.24) is 10.6 Å². The van der Waals surface area contributed by atoms with Gasteiger partial charge < -0.3 is 20.5 Å². The summed E-state index contributed by atoms with van der Waals surface area (Å²) >= 11 is 0. The molecule has 7 nitrogen and oxygen atoms in total. The van der Waals surface area contributed by atoms with Gasteiger partial charge in [0.1, 0.15) is 6.61 Å². The third-order valence-corrected chi connectivity index (χ3v) is 7.29. The molecule has 4 rings (SSSR count). The van der Waals surface area contributed by atoms with Crippen LogP contribution in [0.25, 0.3) is 11.1 Å². The molecule has 0 unspecified atom stereocenters. The van der Waals surface area contributed by atoms with Crippen LogP contribution in [0.1, 0.15) is 63.0 Å². The molecule has 0 aliphatic heterocycles. The maximum atomic E-state index is 12.4. The Balaban J connectivity index is 1.17. The van der Waals surface area contributed by atoms with Crippen LogP contribution < -0.4 is 10.6 Å². The Morgan fingerprint density at radius 1 is 0.971 bits per heavy atom. The number of ether oxygens (including phenoxy) is 1. The first kappa shape index (κ1) is 24.8. The molecule has 3 N–H and O–H groups in total. The second kappa shape index (κ2) is 10.5. The van der Waals surface area contributed by atoms with Gasteiger partial charge in [-0.15, -0.1) is 0 Å². The van der Waals surface area contributed by atoms with E-state index in [1.807, 2.05) is 38.1 Å². The number of carboxylic acids is 1. The fraction of sp³-hybridized carbons (Fsp3) is 0.464. The monoisotopic (exact) mass is 478 g/mol. The zero-order chi connectivity index (χ0) is 25.0. The number of rotatable bonds is 10. The van der Waals surface area contributed by atoms with Gasteiger partial charge in [-0.1, -0.05) is 62.4 Å². The summed E-state index contributed by atoms with van der Waals surface area (Å²) < 4.78 is 5.59. The third-order valence-electron chi connectivity index (χ3n) is 7.29. The van der Waals surface area contributed by atoms with Crippen molar-refractivity contribution in [1.29, 1.82) is 0 Å². The minimum atomic E-state index is -0.800. The minimum Gasteiger partial charge on any atom is -0.481 e. The zero-order valence-corrected chi connectivity index (χ0v) is 20.4. The number of aliphatic carboxylic acids is 1. The Bertz CT molecular complexity index is 1040. The molecule has 2 aromatic rings. The number of carboxylic acid groups (broad SMARTS) is 1. The zero-order valence-electron chi connectivity index (χ0n) is 20.4. The van der Waals surface area contributed by atoms with E-state index in [0.29, 0.717) is 25.8 Å². The fourth-order valence-corrected chi connectivity index (χ4v) is 5.00. The van der Waals surface area contributed by atoms with Crippen molar-refractivity contribution >= 4 is 18.0 Å². The number of carbonyl (C=O) groups is 3. The normalized spacial score (nSPS) is 18.7. The van der Waals surface area contributed by atoms with Gasteiger partial charge in [0, 0.05) is 30.8 Å². The lowest BCUT2D eigenvalue weighted by molar-refractivity contribution is -0.137. The largest absolute Gasteiger partial charge is 0.481 e. The Labute approximate surface area is 206 Å². The maximum Gasteiger partial charge on any atom is 0.407 e. The summed E-state index contributed by atoms with van der Waals surface area (Å²) in [5, 5.41) is 14.7. The van der Waals surface area contributed by atoms with Gasteiger partial charge in [0.25, 0.3) is 0 Å². The molecule has 2 aliphatic carbocycles. The van der Waals surface area contributed by atoms with E-state index in [1.54, 1.807) is 0 Å². The predicted octanol–water partition coefficient (Wildman–Crippen LogP) is 4.70. The summed E-state index contributed by atoms with van der Waals surface area (Å²) in [6, 6.07) is 16.4. The number of nitrogens with one attached hydrogen (secondary N) is 2. The number of amides is 2. The lowest BCUT2D eigenvalue weighted by Crippen LogP contribution is -2.49. The van der Waals surface area contributed by atoms with Crippen molar-refractivity contribution < 1.29 is 24.2 Å². The maximum absolute atomic E-state index is 12.4. The van der Waals surface area contributed by atoms with E-state index in [0.717, 1.165) is 6.42 Å². The Kier molecular flexibility index (Phi) is 7.43. The molecule has 2 aliphatic rings. The molecule has 1 fully saturated rings. The highest BCUT2D eigenvalue weighted by molar-refractivity contribution is 5.80. The molecule has 186 valence electrons. The van der Waals surface area contributed by atoms with Gasteiger partial charge in [-0.3, -0.25) is 9.59 Å². The van der Waals surface area contributed by atoms with Crippen LogP contribution in [0, 0.1) is 11.3 Å². The van der Waals surface area contributed by atoms with Crippen LogP contribution >= 0.6 is 0 Å². The number of benzene rings is 2. The average Bonchev–Trinajstić information content (AvgIpc) is 3.12. The van der Waals surface area contributed by atoms with Crippen molar-refractivity contribution in [2.75, 3.05) is 13.2 Å². The predicted molar refractivity (Wildman–Crippen MR) is 133 cm³/mol. The summed E-state index contributed by atoms with van der Waals surface area (Å²) in [5.41, 5.74) is 4.59. The van der Waals surface area contributed by atoms with Gasteiger partial charge in [0.2, 0.25) is 5.91 Å². The Morgan fingerprint density at radius 3 is 2.17 bits per heavy atom. The highest BCUT2D eigenvalue weighted by Gasteiger charge is 2.36. The smallest absolute Gasteiger partial charge is 0.407 e. The van der Waals surface area contributed by atoms with Crippen molar-refractivity contribution in [3.05, 3.63) is 59.7 Å². The number of fused-ring (bicyclic) bond motifs is 3. The fourth-order valence-electron chi connectivity index (χ4n) is 5.00. The molecule has 0 spiro atoms. The molecule has 0 radical (unpaired) electrons. The van der Waals surface area contributed by atoms with Crippen molar-refractivity contribution in [3.63, 3.8) is 0 Å². The summed E-state index contributed by atoms with van der Waals surface area (Å²) in [6.07, 6.45) is 2.17. The van der Waals surface area contributed by atoms with E-state index in [9.17, 15) is 14.4 Å². The molecular formula is C28H34N2O5. The van der Waals surface area contributed by atoms with Crippen LogP contribution in [0.5, 0.6) is 0 Å². The summed E-state index contributed by atoms with van der Waals surface area (Å²) in [5.74, 6) is -0.903. The molecular weight excluding hydrogens is 444 g/mol. The van der Waals surface area contributed by atoms with E-state index in [-0.39, 0.29) is 42.2 Å². The third kappa shape index (κ3) is 6.02.